The lowest BCUT2D eigenvalue weighted by molar-refractivity contribution is -0.113. The predicted octanol–water partition coefficient (Wildman–Crippen LogP) is 4.51. The largest absolute Gasteiger partial charge is 0.290 e. The lowest BCUT2D eigenvalue weighted by Gasteiger charge is -2.11. The summed E-state index contributed by atoms with van der Waals surface area (Å²) in [5.41, 5.74) is 1.28. The van der Waals surface area contributed by atoms with Crippen LogP contribution in [0.25, 0.3) is 27.1 Å². The molecule has 0 saturated carbocycles. The average molecular weight is 321 g/mol. The van der Waals surface area contributed by atoms with Gasteiger partial charge in [0.15, 0.2) is 11.6 Å². The molecule has 0 heterocycles. The summed E-state index contributed by atoms with van der Waals surface area (Å²) in [4.78, 5) is 23.8. The van der Waals surface area contributed by atoms with Crippen molar-refractivity contribution >= 4 is 51.1 Å². The molecule has 0 amide bonds. The molecule has 112 valence electrons. The van der Waals surface area contributed by atoms with Gasteiger partial charge in [0.1, 0.15) is 0 Å². The number of halogens is 1. The summed E-state index contributed by atoms with van der Waals surface area (Å²) in [7, 11) is 0. The first-order valence-electron chi connectivity index (χ1n) is 7.12. The van der Waals surface area contributed by atoms with E-state index in [1.54, 1.807) is 0 Å². The van der Waals surface area contributed by atoms with E-state index in [1.165, 1.54) is 18.2 Å². The molecule has 0 radical (unpaired) electrons. The second-order valence-electron chi connectivity index (χ2n) is 5.38. The van der Waals surface area contributed by atoms with E-state index >= 15 is 0 Å². The zero-order valence-electron chi connectivity index (χ0n) is 12.2. The fourth-order valence-electron chi connectivity index (χ4n) is 2.92. The summed E-state index contributed by atoms with van der Waals surface area (Å²) < 4.78 is 0. The number of hydrogen-bond donors (Lipinski definition) is 0. The highest BCUT2D eigenvalue weighted by atomic mass is 35.5. The molecule has 3 heteroatoms. The van der Waals surface area contributed by atoms with Gasteiger partial charge in [0.25, 0.3) is 0 Å². The van der Waals surface area contributed by atoms with Gasteiger partial charge in [-0.2, -0.15) is 0 Å². The number of rotatable bonds is 1. The average Bonchev–Trinajstić information content (AvgIpc) is 2.55. The molecule has 0 aromatic heterocycles. The maximum absolute atomic E-state index is 12.1. The van der Waals surface area contributed by atoms with Crippen LogP contribution in [-0.2, 0) is 9.59 Å². The van der Waals surface area contributed by atoms with E-state index < -0.39 is 0 Å². The Bertz CT molecular complexity index is 1010. The molecule has 2 nitrogen and oxygen atoms in total. The van der Waals surface area contributed by atoms with E-state index in [0.717, 1.165) is 27.1 Å². The van der Waals surface area contributed by atoms with Crippen molar-refractivity contribution in [3.05, 3.63) is 78.4 Å². The standard InChI is InChI=1S/C20H12O2.ClH/c21-16-8-9-20(22)19(12-16)17-7-3-6-15-10-13-4-1-2-5-14(13)11-18(15)17;/h1-12H;1H. The van der Waals surface area contributed by atoms with Crippen LogP contribution >= 0.6 is 12.4 Å². The smallest absolute Gasteiger partial charge is 0.186 e. The summed E-state index contributed by atoms with van der Waals surface area (Å²) in [5, 5.41) is 4.33. The number of carbonyl (C=O) groups excluding carboxylic acids is 2. The van der Waals surface area contributed by atoms with Crippen molar-refractivity contribution in [1.82, 2.24) is 0 Å². The number of ketones is 2. The molecule has 1 aliphatic rings. The van der Waals surface area contributed by atoms with Gasteiger partial charge in [-0.05, 0) is 57.5 Å². The molecule has 23 heavy (non-hydrogen) atoms. The Morgan fingerprint density at radius 3 is 2.17 bits per heavy atom. The predicted molar refractivity (Wildman–Crippen MR) is 95.8 cm³/mol. The molecule has 0 aliphatic heterocycles. The highest BCUT2D eigenvalue weighted by molar-refractivity contribution is 6.35. The normalized spacial score (nSPS) is 14.0. The number of allylic oxidation sites excluding steroid dienone is 4. The second-order valence-corrected chi connectivity index (χ2v) is 5.38. The minimum absolute atomic E-state index is 0. The highest BCUT2D eigenvalue weighted by Crippen LogP contribution is 2.30. The van der Waals surface area contributed by atoms with E-state index in [1.807, 2.05) is 36.4 Å². The van der Waals surface area contributed by atoms with E-state index in [0.29, 0.717) is 5.57 Å². The van der Waals surface area contributed by atoms with Gasteiger partial charge in [-0.1, -0.05) is 42.5 Å². The third-order valence-corrected chi connectivity index (χ3v) is 3.99. The second kappa shape index (κ2) is 5.82. The highest BCUT2D eigenvalue weighted by Gasteiger charge is 2.17. The van der Waals surface area contributed by atoms with Gasteiger partial charge >= 0.3 is 0 Å². The van der Waals surface area contributed by atoms with Gasteiger partial charge in [-0.25, -0.2) is 0 Å². The summed E-state index contributed by atoms with van der Waals surface area (Å²) in [6, 6.07) is 18.2. The van der Waals surface area contributed by atoms with Crippen molar-refractivity contribution in [1.29, 1.82) is 0 Å². The van der Waals surface area contributed by atoms with Crippen LogP contribution in [0.1, 0.15) is 5.56 Å². The maximum Gasteiger partial charge on any atom is 0.186 e. The first-order chi connectivity index (χ1) is 10.7. The number of carbonyl (C=O) groups is 2. The van der Waals surface area contributed by atoms with Gasteiger partial charge in [0, 0.05) is 5.57 Å². The van der Waals surface area contributed by atoms with Crippen molar-refractivity contribution in [2.75, 3.05) is 0 Å². The van der Waals surface area contributed by atoms with Crippen LogP contribution in [-0.4, -0.2) is 11.6 Å². The molecular formula is C20H13ClO2. The van der Waals surface area contributed by atoms with Crippen molar-refractivity contribution < 1.29 is 9.59 Å². The number of benzene rings is 3. The summed E-state index contributed by atoms with van der Waals surface area (Å²) in [6.07, 6.45) is 4.08. The number of fused-ring (bicyclic) bond motifs is 2. The van der Waals surface area contributed by atoms with E-state index in [4.69, 9.17) is 0 Å². The SMILES string of the molecule is Cl.O=C1C=CC(=O)C(c2cccc3cc4ccccc4cc23)=C1. The molecule has 0 N–H and O–H groups in total. The zero-order valence-corrected chi connectivity index (χ0v) is 13.0. The number of hydrogen-bond acceptors (Lipinski definition) is 2. The topological polar surface area (TPSA) is 34.1 Å². The Morgan fingerprint density at radius 1 is 0.696 bits per heavy atom. The van der Waals surface area contributed by atoms with Crippen LogP contribution in [0.15, 0.2) is 72.8 Å². The molecule has 0 fully saturated rings. The van der Waals surface area contributed by atoms with Crippen LogP contribution < -0.4 is 0 Å². The Hall–Kier alpha value is -2.71. The van der Waals surface area contributed by atoms with Gasteiger partial charge in [-0.15, -0.1) is 12.4 Å². The lowest BCUT2D eigenvalue weighted by Crippen LogP contribution is -2.06. The van der Waals surface area contributed by atoms with Gasteiger partial charge in [0.05, 0.1) is 0 Å². The monoisotopic (exact) mass is 320 g/mol. The molecule has 0 bridgehead atoms. The van der Waals surface area contributed by atoms with Crippen LogP contribution in [0.4, 0.5) is 0 Å². The Labute approximate surface area is 139 Å². The summed E-state index contributed by atoms with van der Waals surface area (Å²) in [6.45, 7) is 0. The van der Waals surface area contributed by atoms with Crippen LogP contribution in [0, 0.1) is 0 Å². The Morgan fingerprint density at radius 2 is 1.39 bits per heavy atom. The molecule has 0 atom stereocenters. The van der Waals surface area contributed by atoms with Crippen molar-refractivity contribution in [2.45, 2.75) is 0 Å². The van der Waals surface area contributed by atoms with Crippen LogP contribution in [0.5, 0.6) is 0 Å². The van der Waals surface area contributed by atoms with Crippen LogP contribution in [0.3, 0.4) is 0 Å². The summed E-state index contributed by atoms with van der Waals surface area (Å²) in [5.74, 6) is -0.271. The fourth-order valence-corrected chi connectivity index (χ4v) is 2.92. The zero-order chi connectivity index (χ0) is 15.1. The maximum atomic E-state index is 12.1. The minimum atomic E-state index is -0.146. The molecule has 3 aromatic carbocycles. The molecule has 0 saturated heterocycles. The molecular weight excluding hydrogens is 308 g/mol. The molecule has 4 rings (SSSR count). The van der Waals surface area contributed by atoms with Crippen LogP contribution in [0.2, 0.25) is 0 Å². The van der Waals surface area contributed by atoms with E-state index in [2.05, 4.69) is 18.2 Å². The first-order valence-corrected chi connectivity index (χ1v) is 7.12. The van der Waals surface area contributed by atoms with Crippen molar-refractivity contribution in [3.63, 3.8) is 0 Å². The Kier molecular flexibility index (Phi) is 3.85. The Balaban J connectivity index is 0.00000156. The van der Waals surface area contributed by atoms with Crippen molar-refractivity contribution in [2.24, 2.45) is 0 Å². The molecule has 3 aromatic rings. The fraction of sp³-hybridized carbons (Fsp3) is 0. The van der Waals surface area contributed by atoms with Gasteiger partial charge in [-0.3, -0.25) is 9.59 Å². The summed E-state index contributed by atoms with van der Waals surface area (Å²) >= 11 is 0. The molecule has 0 unspecified atom stereocenters. The first kappa shape index (κ1) is 15.2. The van der Waals surface area contributed by atoms with Gasteiger partial charge < -0.3 is 0 Å². The van der Waals surface area contributed by atoms with E-state index in [-0.39, 0.29) is 24.0 Å². The quantitative estimate of drug-likeness (QED) is 0.488. The van der Waals surface area contributed by atoms with Gasteiger partial charge in [0.2, 0.25) is 0 Å². The molecule has 0 spiro atoms. The third kappa shape index (κ3) is 2.58. The van der Waals surface area contributed by atoms with Crippen molar-refractivity contribution in [3.8, 4) is 0 Å². The van der Waals surface area contributed by atoms with E-state index in [9.17, 15) is 9.59 Å². The molecule has 1 aliphatic carbocycles. The minimum Gasteiger partial charge on any atom is -0.290 e. The lowest BCUT2D eigenvalue weighted by atomic mass is 9.91. The third-order valence-electron chi connectivity index (χ3n) is 3.99.